The Labute approximate surface area is 209 Å². The molecule has 0 atom stereocenters. The van der Waals surface area contributed by atoms with Gasteiger partial charge in [-0.15, -0.1) is 0 Å². The number of piperidine rings is 1. The molecule has 1 aliphatic rings. The predicted octanol–water partition coefficient (Wildman–Crippen LogP) is 3.52. The quantitative estimate of drug-likeness (QED) is 0.394. The van der Waals surface area contributed by atoms with Crippen LogP contribution in [0.5, 0.6) is 0 Å². The number of nitrogens with two attached hydrogens (primary N) is 1. The second-order valence-corrected chi connectivity index (χ2v) is 11.4. The van der Waals surface area contributed by atoms with Crippen molar-refractivity contribution < 1.29 is 8.42 Å². The number of benzene rings is 2. The molecule has 0 aliphatic carbocycles. The second-order valence-electron chi connectivity index (χ2n) is 9.41. The molecule has 0 amide bonds. The summed E-state index contributed by atoms with van der Waals surface area (Å²) in [7, 11) is -3.19. The van der Waals surface area contributed by atoms with Gasteiger partial charge < -0.3 is 5.73 Å². The van der Waals surface area contributed by atoms with E-state index in [-0.39, 0.29) is 5.92 Å². The Morgan fingerprint density at radius 1 is 1.06 bits per heavy atom. The summed E-state index contributed by atoms with van der Waals surface area (Å²) in [4.78, 5) is 4.25. The number of hydrogen-bond donors (Lipinski definition) is 1. The number of fused-ring (bicyclic) bond motifs is 2. The number of nitrogen functional groups attached to an aromatic ring is 1. The van der Waals surface area contributed by atoms with Gasteiger partial charge in [0.25, 0.3) is 0 Å². The van der Waals surface area contributed by atoms with Crippen LogP contribution in [0.3, 0.4) is 0 Å². The van der Waals surface area contributed by atoms with Crippen LogP contribution in [0.2, 0.25) is 0 Å². The lowest BCUT2D eigenvalue weighted by Crippen LogP contribution is -2.37. The van der Waals surface area contributed by atoms with Crippen molar-refractivity contribution >= 4 is 32.3 Å². The van der Waals surface area contributed by atoms with Crippen LogP contribution in [0.25, 0.3) is 27.5 Å². The average Bonchev–Trinajstić information content (AvgIpc) is 3.45. The standard InChI is InChI=1S/C26H27N7O2S/c1-36(34,35)32-11-9-19(10-12-32)24-14-22(25-26(27)28-17-29-33(24)25)20-7-8-21-16-31(30-23(21)13-20)15-18-5-3-2-4-6-18/h2-8,13-14,16-17,19H,9-12,15H2,1H3,(H2,27,28,29). The van der Waals surface area contributed by atoms with Crippen LogP contribution < -0.4 is 5.73 Å². The fourth-order valence-electron chi connectivity index (χ4n) is 5.17. The average molecular weight is 502 g/mol. The molecule has 0 bridgehead atoms. The minimum Gasteiger partial charge on any atom is -0.382 e. The largest absolute Gasteiger partial charge is 0.382 e. The minimum absolute atomic E-state index is 0.173. The van der Waals surface area contributed by atoms with Crippen molar-refractivity contribution in [2.45, 2.75) is 25.3 Å². The number of anilines is 1. The second kappa shape index (κ2) is 8.72. The molecule has 184 valence electrons. The van der Waals surface area contributed by atoms with Crippen molar-refractivity contribution in [2.24, 2.45) is 0 Å². The van der Waals surface area contributed by atoms with E-state index in [1.807, 2.05) is 27.4 Å². The maximum absolute atomic E-state index is 12.0. The summed E-state index contributed by atoms with van der Waals surface area (Å²) >= 11 is 0. The van der Waals surface area contributed by atoms with E-state index in [9.17, 15) is 8.42 Å². The third-order valence-electron chi connectivity index (χ3n) is 7.00. The molecule has 4 heterocycles. The van der Waals surface area contributed by atoms with Crippen molar-refractivity contribution in [1.82, 2.24) is 28.7 Å². The van der Waals surface area contributed by atoms with Crippen LogP contribution in [-0.4, -0.2) is 56.4 Å². The zero-order valence-electron chi connectivity index (χ0n) is 19.9. The molecule has 10 heteroatoms. The molecule has 3 aromatic heterocycles. The normalized spacial score (nSPS) is 15.7. The molecule has 1 saturated heterocycles. The van der Waals surface area contributed by atoms with E-state index in [0.717, 1.165) is 46.1 Å². The minimum atomic E-state index is -3.19. The van der Waals surface area contributed by atoms with Gasteiger partial charge in [-0.25, -0.2) is 22.2 Å². The lowest BCUT2D eigenvalue weighted by Gasteiger charge is -2.29. The molecule has 9 nitrogen and oxygen atoms in total. The third-order valence-corrected chi connectivity index (χ3v) is 8.31. The van der Waals surface area contributed by atoms with E-state index in [0.29, 0.717) is 25.5 Å². The molecule has 1 fully saturated rings. The van der Waals surface area contributed by atoms with Crippen molar-refractivity contribution in [1.29, 1.82) is 0 Å². The van der Waals surface area contributed by atoms with E-state index in [2.05, 4.69) is 52.7 Å². The van der Waals surface area contributed by atoms with E-state index >= 15 is 0 Å². The Bertz CT molecular complexity index is 1670. The summed E-state index contributed by atoms with van der Waals surface area (Å²) in [5, 5.41) is 10.4. The molecule has 6 rings (SSSR count). The van der Waals surface area contributed by atoms with Gasteiger partial charge in [0.15, 0.2) is 5.82 Å². The summed E-state index contributed by atoms with van der Waals surface area (Å²) in [6.07, 6.45) is 6.25. The predicted molar refractivity (Wildman–Crippen MR) is 140 cm³/mol. The Kier molecular flexibility index (Phi) is 5.50. The molecular weight excluding hydrogens is 474 g/mol. The van der Waals surface area contributed by atoms with E-state index in [1.54, 1.807) is 4.31 Å². The molecular formula is C26H27N7O2S. The van der Waals surface area contributed by atoms with Gasteiger partial charge in [-0.2, -0.15) is 10.2 Å². The summed E-state index contributed by atoms with van der Waals surface area (Å²) < 4.78 is 29.3. The summed E-state index contributed by atoms with van der Waals surface area (Å²) in [5.74, 6) is 0.585. The highest BCUT2D eigenvalue weighted by Crippen LogP contribution is 2.37. The molecule has 2 N–H and O–H groups in total. The van der Waals surface area contributed by atoms with Crippen LogP contribution in [0.1, 0.15) is 30.0 Å². The van der Waals surface area contributed by atoms with Crippen LogP contribution in [-0.2, 0) is 16.6 Å². The van der Waals surface area contributed by atoms with Crippen LogP contribution >= 0.6 is 0 Å². The van der Waals surface area contributed by atoms with Crippen molar-refractivity contribution in [2.75, 3.05) is 25.1 Å². The van der Waals surface area contributed by atoms with Gasteiger partial charge in [0, 0.05) is 41.8 Å². The highest BCUT2D eigenvalue weighted by atomic mass is 32.2. The zero-order valence-corrected chi connectivity index (χ0v) is 20.8. The first-order valence-electron chi connectivity index (χ1n) is 12.0. The maximum atomic E-state index is 12.0. The summed E-state index contributed by atoms with van der Waals surface area (Å²) in [6.45, 7) is 1.70. The molecule has 1 aliphatic heterocycles. The zero-order chi connectivity index (χ0) is 24.9. The highest BCUT2D eigenvalue weighted by molar-refractivity contribution is 7.88. The molecule has 0 spiro atoms. The van der Waals surface area contributed by atoms with Crippen LogP contribution in [0.15, 0.2) is 67.1 Å². The first kappa shape index (κ1) is 22.7. The first-order chi connectivity index (χ1) is 17.4. The van der Waals surface area contributed by atoms with Gasteiger partial charge in [-0.1, -0.05) is 42.5 Å². The summed E-state index contributed by atoms with van der Waals surface area (Å²) in [5.41, 5.74) is 12.2. The number of aromatic nitrogens is 5. The van der Waals surface area contributed by atoms with Gasteiger partial charge in [0.1, 0.15) is 11.8 Å². The molecule has 5 aromatic rings. The number of hydrogen-bond acceptors (Lipinski definition) is 6. The van der Waals surface area contributed by atoms with Gasteiger partial charge in [-0.05, 0) is 36.1 Å². The van der Waals surface area contributed by atoms with E-state index in [4.69, 9.17) is 10.8 Å². The molecule has 0 radical (unpaired) electrons. The smallest absolute Gasteiger partial charge is 0.211 e. The third kappa shape index (κ3) is 4.12. The van der Waals surface area contributed by atoms with Crippen molar-refractivity contribution in [3.05, 3.63) is 78.4 Å². The van der Waals surface area contributed by atoms with Crippen molar-refractivity contribution in [3.8, 4) is 11.1 Å². The Balaban J connectivity index is 1.37. The lowest BCUT2D eigenvalue weighted by atomic mass is 9.94. The van der Waals surface area contributed by atoms with Crippen LogP contribution in [0.4, 0.5) is 5.82 Å². The Hall–Kier alpha value is -3.76. The Morgan fingerprint density at radius 3 is 2.58 bits per heavy atom. The van der Waals surface area contributed by atoms with Gasteiger partial charge in [-0.3, -0.25) is 4.68 Å². The Morgan fingerprint density at radius 2 is 1.83 bits per heavy atom. The number of nitrogens with zero attached hydrogens (tertiary/aromatic N) is 6. The monoisotopic (exact) mass is 501 g/mol. The SMILES string of the molecule is CS(=O)(=O)N1CCC(c2cc(-c3ccc4cn(Cc5ccccc5)nc4c3)c3c(N)ncnn23)CC1. The van der Waals surface area contributed by atoms with Crippen LogP contribution in [0, 0.1) is 0 Å². The van der Waals surface area contributed by atoms with E-state index in [1.165, 1.54) is 18.1 Å². The fraction of sp³-hybridized carbons (Fsp3) is 0.269. The molecule has 2 aromatic carbocycles. The lowest BCUT2D eigenvalue weighted by molar-refractivity contribution is 0.317. The molecule has 0 unspecified atom stereocenters. The highest BCUT2D eigenvalue weighted by Gasteiger charge is 2.29. The van der Waals surface area contributed by atoms with Gasteiger partial charge in [0.05, 0.1) is 18.3 Å². The van der Waals surface area contributed by atoms with Gasteiger partial charge >= 0.3 is 0 Å². The topological polar surface area (TPSA) is 111 Å². The van der Waals surface area contributed by atoms with Crippen molar-refractivity contribution in [3.63, 3.8) is 0 Å². The molecule has 36 heavy (non-hydrogen) atoms. The van der Waals surface area contributed by atoms with E-state index < -0.39 is 10.0 Å². The fourth-order valence-corrected chi connectivity index (χ4v) is 6.05. The summed E-state index contributed by atoms with van der Waals surface area (Å²) in [6, 6.07) is 18.6. The number of sulfonamides is 1. The maximum Gasteiger partial charge on any atom is 0.211 e. The van der Waals surface area contributed by atoms with Gasteiger partial charge in [0.2, 0.25) is 10.0 Å². The first-order valence-corrected chi connectivity index (χ1v) is 13.8. The molecule has 0 saturated carbocycles. The number of rotatable bonds is 5.